The summed E-state index contributed by atoms with van der Waals surface area (Å²) in [6.07, 6.45) is 3.33. The maximum atomic E-state index is 10.6. The summed E-state index contributed by atoms with van der Waals surface area (Å²) in [7, 11) is 0. The molecule has 12 heavy (non-hydrogen) atoms. The van der Waals surface area contributed by atoms with Gasteiger partial charge in [-0.15, -0.1) is 0 Å². The largest absolute Gasteiger partial charge is 0.474 e. The van der Waals surface area contributed by atoms with Gasteiger partial charge in [0, 0.05) is 6.54 Å². The highest BCUT2D eigenvalue weighted by Crippen LogP contribution is 2.39. The minimum atomic E-state index is -1.40. The standard InChI is InChI=1S/C8H13NO3/c1-8(3-2-4-8)5-9-6(10)7(11)12/h2-5H2,1H3,(H,9,10)(H,11,12). The van der Waals surface area contributed by atoms with Crippen LogP contribution in [0.5, 0.6) is 0 Å². The van der Waals surface area contributed by atoms with Crippen molar-refractivity contribution in [3.05, 3.63) is 0 Å². The van der Waals surface area contributed by atoms with Gasteiger partial charge in [0.2, 0.25) is 0 Å². The molecular formula is C8H13NO3. The Morgan fingerprint density at radius 2 is 2.08 bits per heavy atom. The Labute approximate surface area is 71.0 Å². The molecule has 0 saturated heterocycles. The monoisotopic (exact) mass is 171 g/mol. The van der Waals surface area contributed by atoms with Crippen LogP contribution in [0.25, 0.3) is 0 Å². The van der Waals surface area contributed by atoms with Crippen LogP contribution in [0.3, 0.4) is 0 Å². The second kappa shape index (κ2) is 3.13. The summed E-state index contributed by atoms with van der Waals surface area (Å²) in [5, 5.41) is 10.6. The molecule has 0 aromatic carbocycles. The van der Waals surface area contributed by atoms with Crippen molar-refractivity contribution in [2.24, 2.45) is 5.41 Å². The lowest BCUT2D eigenvalue weighted by Gasteiger charge is -2.38. The van der Waals surface area contributed by atoms with E-state index in [0.29, 0.717) is 6.54 Å². The van der Waals surface area contributed by atoms with Crippen molar-refractivity contribution in [1.29, 1.82) is 0 Å². The number of amides is 1. The quantitative estimate of drug-likeness (QED) is 0.590. The van der Waals surface area contributed by atoms with Gasteiger partial charge in [0.25, 0.3) is 0 Å². The molecule has 1 fully saturated rings. The van der Waals surface area contributed by atoms with Crippen molar-refractivity contribution >= 4 is 11.9 Å². The highest BCUT2D eigenvalue weighted by molar-refractivity contribution is 6.31. The molecule has 4 nitrogen and oxygen atoms in total. The molecule has 0 bridgehead atoms. The minimum absolute atomic E-state index is 0.144. The molecule has 0 radical (unpaired) electrons. The number of carbonyl (C=O) groups excluding carboxylic acids is 1. The molecule has 1 amide bonds. The third-order valence-corrected chi connectivity index (χ3v) is 2.43. The summed E-state index contributed by atoms with van der Waals surface area (Å²) in [5.41, 5.74) is 0.144. The summed E-state index contributed by atoms with van der Waals surface area (Å²) >= 11 is 0. The number of aliphatic carboxylic acids is 1. The Hall–Kier alpha value is -1.06. The Kier molecular flexibility index (Phi) is 2.35. The van der Waals surface area contributed by atoms with E-state index in [4.69, 9.17) is 5.11 Å². The molecule has 0 aromatic heterocycles. The van der Waals surface area contributed by atoms with E-state index in [9.17, 15) is 9.59 Å². The van der Waals surface area contributed by atoms with Crippen LogP contribution in [-0.4, -0.2) is 23.5 Å². The molecule has 0 aliphatic heterocycles. The number of rotatable bonds is 2. The summed E-state index contributed by atoms with van der Waals surface area (Å²) in [5.74, 6) is -2.30. The predicted molar refractivity (Wildman–Crippen MR) is 42.6 cm³/mol. The van der Waals surface area contributed by atoms with E-state index in [-0.39, 0.29) is 5.41 Å². The van der Waals surface area contributed by atoms with Gasteiger partial charge in [-0.2, -0.15) is 0 Å². The first-order chi connectivity index (χ1) is 5.53. The summed E-state index contributed by atoms with van der Waals surface area (Å²) in [6.45, 7) is 2.54. The van der Waals surface area contributed by atoms with E-state index in [1.54, 1.807) is 0 Å². The van der Waals surface area contributed by atoms with E-state index in [2.05, 4.69) is 12.2 Å². The first kappa shape index (κ1) is 9.03. The number of carboxylic acids is 1. The average molecular weight is 171 g/mol. The zero-order chi connectivity index (χ0) is 9.19. The molecule has 1 aliphatic carbocycles. The lowest BCUT2D eigenvalue weighted by Crippen LogP contribution is -2.42. The third kappa shape index (κ3) is 1.96. The van der Waals surface area contributed by atoms with Gasteiger partial charge in [-0.25, -0.2) is 4.79 Å². The Morgan fingerprint density at radius 1 is 1.50 bits per heavy atom. The van der Waals surface area contributed by atoms with Gasteiger partial charge in [-0.3, -0.25) is 4.79 Å². The molecule has 2 N–H and O–H groups in total. The zero-order valence-corrected chi connectivity index (χ0v) is 7.09. The number of hydrogen-bond acceptors (Lipinski definition) is 2. The number of hydrogen-bond donors (Lipinski definition) is 2. The Balaban J connectivity index is 2.25. The van der Waals surface area contributed by atoms with Crippen LogP contribution in [0.15, 0.2) is 0 Å². The number of carboxylic acid groups (broad SMARTS) is 1. The van der Waals surface area contributed by atoms with Crippen LogP contribution in [0.1, 0.15) is 26.2 Å². The average Bonchev–Trinajstić information content (AvgIpc) is 1.96. The Bertz CT molecular complexity index is 208. The highest BCUT2D eigenvalue weighted by atomic mass is 16.4. The molecule has 0 atom stereocenters. The smallest absolute Gasteiger partial charge is 0.394 e. The molecule has 0 spiro atoms. The van der Waals surface area contributed by atoms with E-state index >= 15 is 0 Å². The topological polar surface area (TPSA) is 66.4 Å². The van der Waals surface area contributed by atoms with Crippen molar-refractivity contribution < 1.29 is 14.7 Å². The van der Waals surface area contributed by atoms with Crippen molar-refractivity contribution in [3.8, 4) is 0 Å². The molecule has 0 aromatic rings. The normalized spacial score (nSPS) is 19.4. The molecule has 1 aliphatic rings. The molecule has 1 rings (SSSR count). The number of nitrogens with one attached hydrogen (secondary N) is 1. The fourth-order valence-electron chi connectivity index (χ4n) is 1.33. The van der Waals surface area contributed by atoms with E-state index in [0.717, 1.165) is 12.8 Å². The zero-order valence-electron chi connectivity index (χ0n) is 7.09. The fourth-order valence-corrected chi connectivity index (χ4v) is 1.33. The molecule has 0 heterocycles. The van der Waals surface area contributed by atoms with Gasteiger partial charge >= 0.3 is 11.9 Å². The Morgan fingerprint density at radius 3 is 2.42 bits per heavy atom. The van der Waals surface area contributed by atoms with Crippen LogP contribution >= 0.6 is 0 Å². The third-order valence-electron chi connectivity index (χ3n) is 2.43. The predicted octanol–water partition coefficient (Wildman–Crippen LogP) is 0.377. The van der Waals surface area contributed by atoms with E-state index < -0.39 is 11.9 Å². The summed E-state index contributed by atoms with van der Waals surface area (Å²) < 4.78 is 0. The van der Waals surface area contributed by atoms with Gasteiger partial charge in [-0.1, -0.05) is 13.3 Å². The van der Waals surface area contributed by atoms with Crippen LogP contribution in [0, 0.1) is 5.41 Å². The van der Waals surface area contributed by atoms with Crippen LogP contribution < -0.4 is 5.32 Å². The van der Waals surface area contributed by atoms with Crippen LogP contribution in [-0.2, 0) is 9.59 Å². The van der Waals surface area contributed by atoms with Crippen LogP contribution in [0.2, 0.25) is 0 Å². The van der Waals surface area contributed by atoms with Gasteiger partial charge in [0.15, 0.2) is 0 Å². The van der Waals surface area contributed by atoms with Crippen molar-refractivity contribution in [3.63, 3.8) is 0 Å². The van der Waals surface area contributed by atoms with Crippen molar-refractivity contribution in [2.75, 3.05) is 6.54 Å². The summed E-state index contributed by atoms with van der Waals surface area (Å²) in [6, 6.07) is 0. The van der Waals surface area contributed by atoms with Gasteiger partial charge in [-0.05, 0) is 18.3 Å². The van der Waals surface area contributed by atoms with E-state index in [1.807, 2.05) is 0 Å². The SMILES string of the molecule is CC1(CNC(=O)C(=O)O)CCC1. The number of carbonyl (C=O) groups is 2. The lowest BCUT2D eigenvalue weighted by atomic mass is 9.70. The van der Waals surface area contributed by atoms with Gasteiger partial charge in [0.05, 0.1) is 0 Å². The first-order valence-corrected chi connectivity index (χ1v) is 4.05. The summed E-state index contributed by atoms with van der Waals surface area (Å²) in [4.78, 5) is 20.7. The van der Waals surface area contributed by atoms with Crippen molar-refractivity contribution in [2.45, 2.75) is 26.2 Å². The maximum absolute atomic E-state index is 10.6. The molecular weight excluding hydrogens is 158 g/mol. The molecule has 1 saturated carbocycles. The van der Waals surface area contributed by atoms with Gasteiger partial charge in [0.1, 0.15) is 0 Å². The minimum Gasteiger partial charge on any atom is -0.474 e. The highest BCUT2D eigenvalue weighted by Gasteiger charge is 2.32. The fraction of sp³-hybridized carbons (Fsp3) is 0.750. The first-order valence-electron chi connectivity index (χ1n) is 4.05. The molecule has 4 heteroatoms. The second-order valence-electron chi connectivity index (χ2n) is 3.65. The van der Waals surface area contributed by atoms with Gasteiger partial charge < -0.3 is 10.4 Å². The van der Waals surface area contributed by atoms with Crippen LogP contribution in [0.4, 0.5) is 0 Å². The molecule has 0 unspecified atom stereocenters. The lowest BCUT2D eigenvalue weighted by molar-refractivity contribution is -0.150. The molecule has 68 valence electrons. The maximum Gasteiger partial charge on any atom is 0.394 e. The van der Waals surface area contributed by atoms with Crippen molar-refractivity contribution in [1.82, 2.24) is 5.32 Å². The van der Waals surface area contributed by atoms with E-state index in [1.165, 1.54) is 6.42 Å². The second-order valence-corrected chi connectivity index (χ2v) is 3.65.